The second kappa shape index (κ2) is 4.71. The predicted octanol–water partition coefficient (Wildman–Crippen LogP) is 1.86. The third kappa shape index (κ3) is 2.26. The highest BCUT2D eigenvalue weighted by Gasteiger charge is 2.22. The maximum atomic E-state index is 5.39. The summed E-state index contributed by atoms with van der Waals surface area (Å²) in [7, 11) is 1.79. The van der Waals surface area contributed by atoms with E-state index in [4.69, 9.17) is 4.74 Å². The minimum atomic E-state index is 0.393. The number of nitrogens with zero attached hydrogens (tertiary/aromatic N) is 3. The first-order valence-corrected chi connectivity index (χ1v) is 6.44. The number of ether oxygens (including phenoxy) is 1. The van der Waals surface area contributed by atoms with E-state index in [1.807, 2.05) is 0 Å². The van der Waals surface area contributed by atoms with Gasteiger partial charge in [0.15, 0.2) is 0 Å². The second-order valence-corrected chi connectivity index (χ2v) is 5.08. The van der Waals surface area contributed by atoms with Gasteiger partial charge in [0.05, 0.1) is 11.8 Å². The second-order valence-electron chi connectivity index (χ2n) is 5.08. The topological polar surface area (TPSA) is 29.8 Å². The van der Waals surface area contributed by atoms with Gasteiger partial charge in [-0.25, -0.2) is 4.98 Å². The van der Waals surface area contributed by atoms with Crippen molar-refractivity contribution in [2.24, 2.45) is 0 Å². The molecule has 1 aliphatic rings. The largest absolute Gasteiger partial charge is 0.380 e. The van der Waals surface area contributed by atoms with Gasteiger partial charge < -0.3 is 9.14 Å². The molecule has 0 bridgehead atoms. The molecule has 3 rings (SSSR count). The van der Waals surface area contributed by atoms with Crippen LogP contribution in [0.25, 0.3) is 5.65 Å². The molecule has 1 aliphatic heterocycles. The van der Waals surface area contributed by atoms with E-state index >= 15 is 0 Å². The minimum absolute atomic E-state index is 0.393. The van der Waals surface area contributed by atoms with Crippen LogP contribution in [-0.2, 0) is 11.3 Å². The lowest BCUT2D eigenvalue weighted by Gasteiger charge is -2.13. The van der Waals surface area contributed by atoms with E-state index in [9.17, 15) is 0 Å². The Hall–Kier alpha value is -1.39. The van der Waals surface area contributed by atoms with Crippen molar-refractivity contribution in [2.75, 3.05) is 20.2 Å². The molecule has 1 saturated heterocycles. The van der Waals surface area contributed by atoms with Crippen LogP contribution in [0.15, 0.2) is 24.5 Å². The van der Waals surface area contributed by atoms with E-state index in [1.54, 1.807) is 7.11 Å². The minimum Gasteiger partial charge on any atom is -0.380 e. The van der Waals surface area contributed by atoms with Gasteiger partial charge in [-0.3, -0.25) is 4.90 Å². The van der Waals surface area contributed by atoms with Crippen molar-refractivity contribution < 1.29 is 4.74 Å². The van der Waals surface area contributed by atoms with Crippen LogP contribution in [0.3, 0.4) is 0 Å². The quantitative estimate of drug-likeness (QED) is 0.826. The first-order chi connectivity index (χ1) is 8.74. The number of aryl methyl sites for hydroxylation is 1. The summed E-state index contributed by atoms with van der Waals surface area (Å²) in [5.41, 5.74) is 3.42. The number of methoxy groups -OCH3 is 1. The van der Waals surface area contributed by atoms with Crippen LogP contribution in [0.5, 0.6) is 0 Å². The van der Waals surface area contributed by atoms with Gasteiger partial charge in [-0.05, 0) is 31.0 Å². The summed E-state index contributed by atoms with van der Waals surface area (Å²) < 4.78 is 7.48. The molecule has 4 heteroatoms. The van der Waals surface area contributed by atoms with Crippen LogP contribution in [0.2, 0.25) is 0 Å². The molecule has 0 radical (unpaired) electrons. The van der Waals surface area contributed by atoms with Crippen molar-refractivity contribution in [3.63, 3.8) is 0 Å². The molecular weight excluding hydrogens is 226 g/mol. The Labute approximate surface area is 107 Å². The van der Waals surface area contributed by atoms with Crippen molar-refractivity contribution in [1.29, 1.82) is 0 Å². The number of pyridine rings is 1. The predicted molar refractivity (Wildman–Crippen MR) is 70.6 cm³/mol. The monoisotopic (exact) mass is 245 g/mol. The lowest BCUT2D eigenvalue weighted by Crippen LogP contribution is -2.22. The average Bonchev–Trinajstić information content (AvgIpc) is 2.95. The molecule has 0 amide bonds. The van der Waals surface area contributed by atoms with Gasteiger partial charge in [-0.1, -0.05) is 0 Å². The number of fused-ring (bicyclic) bond motifs is 1. The van der Waals surface area contributed by atoms with Crippen molar-refractivity contribution >= 4 is 5.65 Å². The number of imidazole rings is 1. The maximum Gasteiger partial charge on any atom is 0.137 e. The van der Waals surface area contributed by atoms with E-state index in [0.717, 1.165) is 37.4 Å². The summed E-state index contributed by atoms with van der Waals surface area (Å²) in [6.45, 7) is 5.13. The molecule has 2 aromatic rings. The van der Waals surface area contributed by atoms with Crippen LogP contribution in [0.4, 0.5) is 0 Å². The standard InChI is InChI=1S/C14H19N3O/c1-11-3-6-17-9-12(15-14(17)7-11)8-16-5-4-13(10-16)18-2/h3,6-7,9,13H,4-5,8,10H2,1-2H3/t13-/m1/s1. The fourth-order valence-corrected chi connectivity index (χ4v) is 2.57. The molecule has 1 atom stereocenters. The fourth-order valence-electron chi connectivity index (χ4n) is 2.57. The molecule has 0 N–H and O–H groups in total. The Bertz CT molecular complexity index is 549. The lowest BCUT2D eigenvalue weighted by atomic mass is 10.3. The van der Waals surface area contributed by atoms with Gasteiger partial charge in [0.1, 0.15) is 5.65 Å². The summed E-state index contributed by atoms with van der Waals surface area (Å²) in [6.07, 6.45) is 5.71. The van der Waals surface area contributed by atoms with Gasteiger partial charge in [0.25, 0.3) is 0 Å². The number of likely N-dealkylation sites (tertiary alicyclic amines) is 1. The summed E-state index contributed by atoms with van der Waals surface area (Å²) in [6, 6.07) is 4.22. The average molecular weight is 245 g/mol. The Morgan fingerprint density at radius 2 is 2.39 bits per heavy atom. The van der Waals surface area contributed by atoms with Gasteiger partial charge >= 0.3 is 0 Å². The molecule has 4 nitrogen and oxygen atoms in total. The first-order valence-electron chi connectivity index (χ1n) is 6.44. The van der Waals surface area contributed by atoms with Crippen LogP contribution in [-0.4, -0.2) is 40.6 Å². The highest BCUT2D eigenvalue weighted by Crippen LogP contribution is 2.15. The van der Waals surface area contributed by atoms with Crippen molar-refractivity contribution in [2.45, 2.75) is 26.0 Å². The Balaban J connectivity index is 1.75. The zero-order valence-corrected chi connectivity index (χ0v) is 11.0. The van der Waals surface area contributed by atoms with E-state index in [0.29, 0.717) is 6.10 Å². The SMILES string of the molecule is CO[C@@H]1CCN(Cc2cn3ccc(C)cc3n2)C1. The Morgan fingerprint density at radius 1 is 1.50 bits per heavy atom. The zero-order valence-electron chi connectivity index (χ0n) is 11.0. The van der Waals surface area contributed by atoms with E-state index in [1.165, 1.54) is 5.56 Å². The van der Waals surface area contributed by atoms with Crippen LogP contribution in [0.1, 0.15) is 17.7 Å². The van der Waals surface area contributed by atoms with Crippen LogP contribution in [0, 0.1) is 6.92 Å². The van der Waals surface area contributed by atoms with E-state index in [2.05, 4.69) is 45.7 Å². The normalized spacial score (nSPS) is 20.9. The first kappa shape index (κ1) is 11.7. The number of aromatic nitrogens is 2. The molecule has 3 heterocycles. The van der Waals surface area contributed by atoms with E-state index < -0.39 is 0 Å². The van der Waals surface area contributed by atoms with Gasteiger partial charge in [0.2, 0.25) is 0 Å². The van der Waals surface area contributed by atoms with Crippen LogP contribution >= 0.6 is 0 Å². The molecule has 1 fully saturated rings. The van der Waals surface area contributed by atoms with E-state index in [-0.39, 0.29) is 0 Å². The van der Waals surface area contributed by atoms with Crippen LogP contribution < -0.4 is 0 Å². The zero-order chi connectivity index (χ0) is 12.5. The Morgan fingerprint density at radius 3 is 3.17 bits per heavy atom. The highest BCUT2D eigenvalue weighted by molar-refractivity contribution is 5.42. The molecule has 0 saturated carbocycles. The third-order valence-corrected chi connectivity index (χ3v) is 3.61. The molecule has 2 aromatic heterocycles. The van der Waals surface area contributed by atoms with Crippen molar-refractivity contribution in [3.05, 3.63) is 35.8 Å². The van der Waals surface area contributed by atoms with Crippen molar-refractivity contribution in [1.82, 2.24) is 14.3 Å². The highest BCUT2D eigenvalue weighted by atomic mass is 16.5. The number of hydrogen-bond acceptors (Lipinski definition) is 3. The molecule has 18 heavy (non-hydrogen) atoms. The fraction of sp³-hybridized carbons (Fsp3) is 0.500. The summed E-state index contributed by atoms with van der Waals surface area (Å²) >= 11 is 0. The molecule has 0 unspecified atom stereocenters. The van der Waals surface area contributed by atoms with Gasteiger partial charge in [0, 0.05) is 39.1 Å². The smallest absolute Gasteiger partial charge is 0.137 e. The van der Waals surface area contributed by atoms with Gasteiger partial charge in [-0.2, -0.15) is 0 Å². The molecule has 0 aliphatic carbocycles. The summed E-state index contributed by atoms with van der Waals surface area (Å²) in [4.78, 5) is 7.07. The molecule has 0 spiro atoms. The molecular formula is C14H19N3O. The lowest BCUT2D eigenvalue weighted by molar-refractivity contribution is 0.107. The summed E-state index contributed by atoms with van der Waals surface area (Å²) in [5.74, 6) is 0. The number of hydrogen-bond donors (Lipinski definition) is 0. The van der Waals surface area contributed by atoms with Crippen molar-refractivity contribution in [3.8, 4) is 0 Å². The maximum absolute atomic E-state index is 5.39. The molecule has 0 aromatic carbocycles. The summed E-state index contributed by atoms with van der Waals surface area (Å²) in [5, 5.41) is 0. The third-order valence-electron chi connectivity index (χ3n) is 3.61. The Kier molecular flexibility index (Phi) is 3.06. The molecule has 96 valence electrons. The van der Waals surface area contributed by atoms with Gasteiger partial charge in [-0.15, -0.1) is 0 Å². The number of rotatable bonds is 3.